The summed E-state index contributed by atoms with van der Waals surface area (Å²) in [6.45, 7) is 8.02. The smallest absolute Gasteiger partial charge is 0.156 e. The Kier molecular flexibility index (Phi) is 3.04. The molecule has 2 aromatic heterocycles. The molecule has 3 heterocycles. The first-order valence-electron chi connectivity index (χ1n) is 7.75. The lowest BCUT2D eigenvalue weighted by Crippen LogP contribution is -2.46. The van der Waals surface area contributed by atoms with Gasteiger partial charge in [0.25, 0.3) is 0 Å². The van der Waals surface area contributed by atoms with Crippen molar-refractivity contribution < 1.29 is 4.74 Å². The Morgan fingerprint density at radius 1 is 1.18 bits per heavy atom. The zero-order chi connectivity index (χ0) is 15.3. The maximum atomic E-state index is 5.83. The van der Waals surface area contributed by atoms with Crippen LogP contribution < -0.4 is 4.90 Å². The van der Waals surface area contributed by atoms with Gasteiger partial charge >= 0.3 is 0 Å². The van der Waals surface area contributed by atoms with Gasteiger partial charge in [0.15, 0.2) is 5.82 Å². The normalized spacial score (nSPS) is 22.6. The van der Waals surface area contributed by atoms with Crippen molar-refractivity contribution >= 4 is 27.8 Å². The van der Waals surface area contributed by atoms with Crippen molar-refractivity contribution in [2.75, 3.05) is 18.0 Å². The van der Waals surface area contributed by atoms with Crippen LogP contribution in [0, 0.1) is 6.92 Å². The van der Waals surface area contributed by atoms with Crippen LogP contribution in [0.4, 0.5) is 5.82 Å². The maximum Gasteiger partial charge on any atom is 0.156 e. The maximum absolute atomic E-state index is 5.83. The van der Waals surface area contributed by atoms with Crippen molar-refractivity contribution in [3.05, 3.63) is 30.1 Å². The van der Waals surface area contributed by atoms with E-state index in [-0.39, 0.29) is 12.2 Å². The number of benzene rings is 1. The molecule has 1 N–H and O–H groups in total. The molecule has 5 heteroatoms. The lowest BCUT2D eigenvalue weighted by molar-refractivity contribution is -0.00537. The molecule has 114 valence electrons. The van der Waals surface area contributed by atoms with Crippen molar-refractivity contribution in [3.8, 4) is 0 Å². The van der Waals surface area contributed by atoms with E-state index >= 15 is 0 Å². The number of aromatic amines is 1. The highest BCUT2D eigenvalue weighted by Crippen LogP contribution is 2.30. The quantitative estimate of drug-likeness (QED) is 0.750. The molecule has 0 amide bonds. The molecular weight excluding hydrogens is 276 g/mol. The number of aromatic nitrogens is 3. The second-order valence-electron chi connectivity index (χ2n) is 6.26. The van der Waals surface area contributed by atoms with Crippen LogP contribution in [-0.4, -0.2) is 40.2 Å². The molecule has 1 saturated heterocycles. The molecule has 2 atom stereocenters. The van der Waals surface area contributed by atoms with E-state index < -0.39 is 0 Å². The molecule has 1 aliphatic rings. The van der Waals surface area contributed by atoms with Crippen molar-refractivity contribution in [3.63, 3.8) is 0 Å². The summed E-state index contributed by atoms with van der Waals surface area (Å²) in [6.07, 6.45) is 2.08. The summed E-state index contributed by atoms with van der Waals surface area (Å²) < 4.78 is 5.83. The zero-order valence-corrected chi connectivity index (χ0v) is 13.1. The van der Waals surface area contributed by atoms with Gasteiger partial charge in [0.2, 0.25) is 0 Å². The van der Waals surface area contributed by atoms with Crippen LogP contribution >= 0.6 is 0 Å². The SMILES string of the molecule is Cc1ccc2[nH]c3c(N4CC(C)OC(C)C4)ncnc3c2c1. The standard InChI is InChI=1S/C17H20N4O/c1-10-4-5-14-13(6-10)15-16(20-14)17(19-9-18-15)21-7-11(2)22-12(3)8-21/h4-6,9,11-12,20H,7-8H2,1-3H3. The van der Waals surface area contributed by atoms with Gasteiger partial charge in [-0.25, -0.2) is 9.97 Å². The van der Waals surface area contributed by atoms with E-state index in [9.17, 15) is 0 Å². The fourth-order valence-corrected chi connectivity index (χ4v) is 3.38. The molecule has 4 rings (SSSR count). The highest BCUT2D eigenvalue weighted by atomic mass is 16.5. The fraction of sp³-hybridized carbons (Fsp3) is 0.412. The molecule has 5 nitrogen and oxygen atoms in total. The molecule has 3 aromatic rings. The number of aryl methyl sites for hydroxylation is 1. The molecule has 2 unspecified atom stereocenters. The topological polar surface area (TPSA) is 54.0 Å². The highest BCUT2D eigenvalue weighted by molar-refractivity contribution is 6.08. The first-order valence-corrected chi connectivity index (χ1v) is 7.75. The largest absolute Gasteiger partial charge is 0.372 e. The Morgan fingerprint density at radius 2 is 1.95 bits per heavy atom. The molecule has 1 fully saturated rings. The minimum Gasteiger partial charge on any atom is -0.372 e. The molecule has 0 radical (unpaired) electrons. The monoisotopic (exact) mass is 296 g/mol. The summed E-state index contributed by atoms with van der Waals surface area (Å²) in [5.74, 6) is 0.973. The third kappa shape index (κ3) is 2.13. The third-order valence-corrected chi connectivity index (χ3v) is 4.24. The lowest BCUT2D eigenvalue weighted by Gasteiger charge is -2.36. The molecule has 22 heavy (non-hydrogen) atoms. The van der Waals surface area contributed by atoms with Crippen molar-refractivity contribution in [1.29, 1.82) is 0 Å². The second-order valence-corrected chi connectivity index (χ2v) is 6.26. The van der Waals surface area contributed by atoms with Gasteiger partial charge in [-0.15, -0.1) is 0 Å². The van der Waals surface area contributed by atoms with Crippen molar-refractivity contribution in [2.24, 2.45) is 0 Å². The average molecular weight is 296 g/mol. The van der Waals surface area contributed by atoms with Crippen molar-refractivity contribution in [1.82, 2.24) is 15.0 Å². The number of rotatable bonds is 1. The molecular formula is C17H20N4O. The van der Waals surface area contributed by atoms with Gasteiger partial charge in [0.1, 0.15) is 17.4 Å². The summed E-state index contributed by atoms with van der Waals surface area (Å²) in [4.78, 5) is 14.8. The highest BCUT2D eigenvalue weighted by Gasteiger charge is 2.25. The number of hydrogen-bond acceptors (Lipinski definition) is 4. The average Bonchev–Trinajstić information content (AvgIpc) is 2.84. The number of anilines is 1. The third-order valence-electron chi connectivity index (χ3n) is 4.24. The summed E-state index contributed by atoms with van der Waals surface area (Å²) in [6, 6.07) is 6.40. The van der Waals surface area contributed by atoms with Crippen LogP contribution in [0.15, 0.2) is 24.5 Å². The first-order chi connectivity index (χ1) is 10.6. The molecule has 0 bridgehead atoms. The van der Waals surface area contributed by atoms with Crippen LogP contribution in [0.5, 0.6) is 0 Å². The van der Waals surface area contributed by atoms with Gasteiger partial charge < -0.3 is 14.6 Å². The van der Waals surface area contributed by atoms with E-state index in [2.05, 4.69) is 58.8 Å². The number of morpholine rings is 1. The Morgan fingerprint density at radius 3 is 2.73 bits per heavy atom. The van der Waals surface area contributed by atoms with Gasteiger partial charge in [-0.3, -0.25) is 0 Å². The van der Waals surface area contributed by atoms with E-state index in [1.807, 2.05) is 0 Å². The molecule has 0 saturated carbocycles. The van der Waals surface area contributed by atoms with Gasteiger partial charge in [-0.05, 0) is 32.9 Å². The predicted octanol–water partition coefficient (Wildman–Crippen LogP) is 3.03. The molecule has 0 aliphatic carbocycles. The fourth-order valence-electron chi connectivity index (χ4n) is 3.38. The van der Waals surface area contributed by atoms with Gasteiger partial charge in [-0.2, -0.15) is 0 Å². The number of H-pyrrole nitrogens is 1. The minimum absolute atomic E-state index is 0.209. The summed E-state index contributed by atoms with van der Waals surface area (Å²) in [7, 11) is 0. The van der Waals surface area contributed by atoms with Gasteiger partial charge in [0.05, 0.1) is 12.2 Å². The number of nitrogens with zero attached hydrogens (tertiary/aromatic N) is 3. The van der Waals surface area contributed by atoms with E-state index in [1.165, 1.54) is 5.56 Å². The summed E-state index contributed by atoms with van der Waals surface area (Å²) in [5, 5.41) is 1.16. The number of ether oxygens (including phenoxy) is 1. The number of fused-ring (bicyclic) bond motifs is 3. The van der Waals surface area contributed by atoms with E-state index in [4.69, 9.17) is 4.74 Å². The van der Waals surface area contributed by atoms with Crippen LogP contribution in [0.25, 0.3) is 21.9 Å². The van der Waals surface area contributed by atoms with E-state index in [0.29, 0.717) is 0 Å². The van der Waals surface area contributed by atoms with E-state index in [1.54, 1.807) is 6.33 Å². The number of hydrogen-bond donors (Lipinski definition) is 1. The molecule has 1 aliphatic heterocycles. The Bertz CT molecular complexity index is 831. The van der Waals surface area contributed by atoms with Crippen molar-refractivity contribution in [2.45, 2.75) is 33.0 Å². The lowest BCUT2D eigenvalue weighted by atomic mass is 10.1. The summed E-state index contributed by atoms with van der Waals surface area (Å²) >= 11 is 0. The van der Waals surface area contributed by atoms with E-state index in [0.717, 1.165) is 40.8 Å². The van der Waals surface area contributed by atoms with Crippen LogP contribution in [0.2, 0.25) is 0 Å². The van der Waals surface area contributed by atoms with Crippen LogP contribution in [0.1, 0.15) is 19.4 Å². The van der Waals surface area contributed by atoms with Crippen LogP contribution in [0.3, 0.4) is 0 Å². The second kappa shape index (κ2) is 4.95. The number of nitrogens with one attached hydrogen (secondary N) is 1. The van der Waals surface area contributed by atoms with Gasteiger partial charge in [-0.1, -0.05) is 11.6 Å². The predicted molar refractivity (Wildman–Crippen MR) is 88.4 cm³/mol. The Labute approximate surface area is 129 Å². The first kappa shape index (κ1) is 13.5. The molecule has 1 aromatic carbocycles. The molecule has 0 spiro atoms. The Balaban J connectivity index is 1.89. The summed E-state index contributed by atoms with van der Waals surface area (Å²) in [5.41, 5.74) is 4.36. The minimum atomic E-state index is 0.209. The zero-order valence-electron chi connectivity index (χ0n) is 13.1. The Hall–Kier alpha value is -2.14. The van der Waals surface area contributed by atoms with Crippen LogP contribution in [-0.2, 0) is 4.74 Å². The van der Waals surface area contributed by atoms with Gasteiger partial charge in [0, 0.05) is 24.0 Å².